The highest BCUT2D eigenvalue weighted by Crippen LogP contribution is 2.36. The maximum absolute atomic E-state index is 12.7. The van der Waals surface area contributed by atoms with Gasteiger partial charge in [0.1, 0.15) is 0 Å². The Morgan fingerprint density at radius 2 is 1.35 bits per heavy atom. The van der Waals surface area contributed by atoms with E-state index in [1.54, 1.807) is 62.4 Å². The number of hydrogen-bond acceptors (Lipinski definition) is 4. The lowest BCUT2D eigenvalue weighted by Crippen LogP contribution is -2.41. The van der Waals surface area contributed by atoms with Crippen LogP contribution >= 0.6 is 23.2 Å². The van der Waals surface area contributed by atoms with E-state index in [1.807, 2.05) is 0 Å². The van der Waals surface area contributed by atoms with Crippen LogP contribution in [-0.2, 0) is 20.0 Å². The molecule has 0 radical (unpaired) electrons. The smallest absolute Gasteiger partial charge is 0.351 e. The number of hydrogen-bond donors (Lipinski definition) is 1. The first-order valence-electron chi connectivity index (χ1n) is 6.96. The molecule has 122 valence electrons. The minimum atomic E-state index is -1.82. The second-order valence-electron chi connectivity index (χ2n) is 5.24. The maximum atomic E-state index is 12.7. The molecule has 0 unspecified atom stereocenters. The fourth-order valence-electron chi connectivity index (χ4n) is 2.21. The summed E-state index contributed by atoms with van der Waals surface area (Å²) in [5, 5.41) is 10.6. The van der Waals surface area contributed by atoms with Gasteiger partial charge in [0.15, 0.2) is 0 Å². The zero-order valence-electron chi connectivity index (χ0n) is 12.6. The largest absolute Gasteiger partial charge is 0.460 e. The van der Waals surface area contributed by atoms with Crippen LogP contribution in [0.2, 0.25) is 10.0 Å². The molecule has 1 N–H and O–H groups in total. The number of ether oxygens (including phenoxy) is 1. The zero-order valence-corrected chi connectivity index (χ0v) is 14.1. The van der Waals surface area contributed by atoms with Gasteiger partial charge in [-0.15, -0.1) is 0 Å². The van der Waals surface area contributed by atoms with E-state index in [0.717, 1.165) is 0 Å². The lowest BCUT2D eigenvalue weighted by atomic mass is 9.86. The number of benzene rings is 2. The molecule has 0 fully saturated rings. The third kappa shape index (κ3) is 3.67. The Kier molecular flexibility index (Phi) is 5.65. The van der Waals surface area contributed by atoms with Crippen molar-refractivity contribution in [2.75, 3.05) is 0 Å². The molecule has 0 aliphatic rings. The SMILES string of the molecule is CC(C)OC(=O)C(OO)(c1ccc(Cl)cc1)c1ccc(Cl)cc1. The number of rotatable bonds is 5. The quantitative estimate of drug-likeness (QED) is 0.481. The lowest BCUT2D eigenvalue weighted by Gasteiger charge is -2.30. The molecule has 0 aromatic heterocycles. The summed E-state index contributed by atoms with van der Waals surface area (Å²) in [6, 6.07) is 12.8. The van der Waals surface area contributed by atoms with Crippen molar-refractivity contribution in [2.45, 2.75) is 25.6 Å². The van der Waals surface area contributed by atoms with E-state index in [-0.39, 0.29) is 6.10 Å². The molecule has 0 bridgehead atoms. The van der Waals surface area contributed by atoms with Gasteiger partial charge in [0, 0.05) is 21.2 Å². The van der Waals surface area contributed by atoms with Crippen LogP contribution in [0.25, 0.3) is 0 Å². The summed E-state index contributed by atoms with van der Waals surface area (Å²) in [4.78, 5) is 17.4. The fraction of sp³-hybridized carbons (Fsp3) is 0.235. The second kappa shape index (κ2) is 7.32. The van der Waals surface area contributed by atoms with Crippen molar-refractivity contribution in [2.24, 2.45) is 0 Å². The molecule has 0 aliphatic heterocycles. The van der Waals surface area contributed by atoms with Gasteiger partial charge in [-0.1, -0.05) is 47.5 Å². The first kappa shape index (κ1) is 17.8. The van der Waals surface area contributed by atoms with Gasteiger partial charge in [0.25, 0.3) is 0 Å². The van der Waals surface area contributed by atoms with Gasteiger partial charge < -0.3 is 4.74 Å². The van der Waals surface area contributed by atoms with Crippen molar-refractivity contribution in [3.8, 4) is 0 Å². The molecule has 0 saturated heterocycles. The summed E-state index contributed by atoms with van der Waals surface area (Å²) >= 11 is 11.8. The Balaban J connectivity index is 2.63. The third-order valence-corrected chi connectivity index (χ3v) is 3.77. The van der Waals surface area contributed by atoms with Crippen molar-refractivity contribution < 1.29 is 19.7 Å². The maximum Gasteiger partial charge on any atom is 0.351 e. The Morgan fingerprint density at radius 3 is 1.65 bits per heavy atom. The molecule has 0 atom stereocenters. The Bertz CT molecular complexity index is 620. The van der Waals surface area contributed by atoms with E-state index in [4.69, 9.17) is 32.8 Å². The average Bonchev–Trinajstić information content (AvgIpc) is 2.51. The average molecular weight is 355 g/mol. The van der Waals surface area contributed by atoms with Gasteiger partial charge in [-0.2, -0.15) is 0 Å². The highest BCUT2D eigenvalue weighted by Gasteiger charge is 2.46. The highest BCUT2D eigenvalue weighted by molar-refractivity contribution is 6.30. The normalized spacial score (nSPS) is 11.6. The van der Waals surface area contributed by atoms with Crippen LogP contribution in [0, 0.1) is 0 Å². The Morgan fingerprint density at radius 1 is 0.957 bits per heavy atom. The monoisotopic (exact) mass is 354 g/mol. The topological polar surface area (TPSA) is 55.8 Å². The van der Waals surface area contributed by atoms with E-state index >= 15 is 0 Å². The molecule has 6 heteroatoms. The van der Waals surface area contributed by atoms with Crippen LogP contribution < -0.4 is 0 Å². The molecule has 0 amide bonds. The Labute approximate surface area is 144 Å². The number of carbonyl (C=O) groups is 1. The van der Waals surface area contributed by atoms with Crippen LogP contribution in [0.5, 0.6) is 0 Å². The van der Waals surface area contributed by atoms with Crippen molar-refractivity contribution >= 4 is 29.2 Å². The molecule has 0 spiro atoms. The van der Waals surface area contributed by atoms with Gasteiger partial charge in [0.05, 0.1) is 6.10 Å². The summed E-state index contributed by atoms with van der Waals surface area (Å²) in [5.41, 5.74) is -1.05. The van der Waals surface area contributed by atoms with Crippen molar-refractivity contribution in [1.29, 1.82) is 0 Å². The summed E-state index contributed by atoms with van der Waals surface area (Å²) in [7, 11) is 0. The lowest BCUT2D eigenvalue weighted by molar-refractivity contribution is -0.312. The first-order chi connectivity index (χ1) is 10.9. The third-order valence-electron chi connectivity index (χ3n) is 3.27. The summed E-state index contributed by atoms with van der Waals surface area (Å²) < 4.78 is 5.29. The number of halogens is 2. The number of carbonyl (C=O) groups excluding carboxylic acids is 1. The molecular formula is C17H16Cl2O4. The van der Waals surface area contributed by atoms with E-state index in [1.165, 1.54) is 0 Å². The number of esters is 1. The van der Waals surface area contributed by atoms with E-state index < -0.39 is 11.6 Å². The van der Waals surface area contributed by atoms with Gasteiger partial charge in [-0.05, 0) is 38.1 Å². The molecular weight excluding hydrogens is 339 g/mol. The van der Waals surface area contributed by atoms with Crippen molar-refractivity contribution in [3.63, 3.8) is 0 Å². The minimum absolute atomic E-state index is 0.378. The van der Waals surface area contributed by atoms with Crippen molar-refractivity contribution in [1.82, 2.24) is 0 Å². The predicted octanol–water partition coefficient (Wildman–Crippen LogP) is 4.68. The Hall–Kier alpha value is -1.59. The molecule has 0 aliphatic carbocycles. The predicted molar refractivity (Wildman–Crippen MR) is 88.6 cm³/mol. The summed E-state index contributed by atoms with van der Waals surface area (Å²) in [6.45, 7) is 3.42. The van der Waals surface area contributed by atoms with Crippen LogP contribution in [0.1, 0.15) is 25.0 Å². The molecule has 0 heterocycles. The highest BCUT2D eigenvalue weighted by atomic mass is 35.5. The van der Waals surface area contributed by atoms with Crippen LogP contribution in [0.4, 0.5) is 0 Å². The van der Waals surface area contributed by atoms with Crippen LogP contribution in [0.3, 0.4) is 0 Å². The van der Waals surface area contributed by atoms with Crippen molar-refractivity contribution in [3.05, 3.63) is 69.7 Å². The van der Waals surface area contributed by atoms with E-state index in [2.05, 4.69) is 0 Å². The molecule has 23 heavy (non-hydrogen) atoms. The standard InChI is InChI=1S/C17H16Cl2O4/c1-11(2)22-16(20)17(23-21,12-3-7-14(18)8-4-12)13-5-9-15(19)10-6-13/h3-11,21H,1-2H3. The van der Waals surface area contributed by atoms with Gasteiger partial charge in [-0.3, -0.25) is 0 Å². The molecule has 4 nitrogen and oxygen atoms in total. The van der Waals surface area contributed by atoms with Crippen LogP contribution in [0.15, 0.2) is 48.5 Å². The first-order valence-corrected chi connectivity index (χ1v) is 7.71. The molecule has 2 aromatic carbocycles. The second-order valence-corrected chi connectivity index (χ2v) is 6.11. The van der Waals surface area contributed by atoms with E-state index in [9.17, 15) is 10.1 Å². The molecule has 2 rings (SSSR count). The van der Waals surface area contributed by atoms with E-state index in [0.29, 0.717) is 21.2 Å². The van der Waals surface area contributed by atoms with Gasteiger partial charge >= 0.3 is 5.97 Å². The van der Waals surface area contributed by atoms with Gasteiger partial charge in [0.2, 0.25) is 5.60 Å². The fourth-order valence-corrected chi connectivity index (χ4v) is 2.46. The summed E-state index contributed by atoms with van der Waals surface area (Å²) in [6.07, 6.45) is -0.378. The molecule has 2 aromatic rings. The van der Waals surface area contributed by atoms with Gasteiger partial charge in [-0.25, -0.2) is 14.9 Å². The van der Waals surface area contributed by atoms with Crippen LogP contribution in [-0.4, -0.2) is 17.3 Å². The minimum Gasteiger partial charge on any atom is -0.460 e. The summed E-state index contributed by atoms with van der Waals surface area (Å²) in [5.74, 6) is -0.736. The molecule has 0 saturated carbocycles. The zero-order chi connectivity index (χ0) is 17.0.